The Kier molecular flexibility index (Phi) is 6.48. The summed E-state index contributed by atoms with van der Waals surface area (Å²) in [5.41, 5.74) is 11.2. The number of amides is 1. The Balaban J connectivity index is 1.62. The van der Waals surface area contributed by atoms with Crippen molar-refractivity contribution in [2.45, 2.75) is 6.92 Å². The quantitative estimate of drug-likeness (QED) is 0.297. The van der Waals surface area contributed by atoms with E-state index in [2.05, 4.69) is 35.8 Å². The zero-order chi connectivity index (χ0) is 24.1. The van der Waals surface area contributed by atoms with E-state index in [1.54, 1.807) is 24.3 Å². The first-order chi connectivity index (χ1) is 16.5. The van der Waals surface area contributed by atoms with E-state index in [9.17, 15) is 4.79 Å². The molecule has 0 radical (unpaired) electrons. The fourth-order valence-corrected chi connectivity index (χ4v) is 3.13. The number of nitrogens with zero attached hydrogens (tertiary/aromatic N) is 7. The van der Waals surface area contributed by atoms with Crippen molar-refractivity contribution in [2.75, 3.05) is 31.3 Å². The summed E-state index contributed by atoms with van der Waals surface area (Å²) in [7, 11) is 3.92. The van der Waals surface area contributed by atoms with Gasteiger partial charge in [-0.05, 0) is 59.2 Å². The zero-order valence-corrected chi connectivity index (χ0v) is 18.8. The molecule has 0 aliphatic rings. The van der Waals surface area contributed by atoms with Gasteiger partial charge in [0.05, 0.1) is 12.8 Å². The van der Waals surface area contributed by atoms with E-state index < -0.39 is 5.91 Å². The van der Waals surface area contributed by atoms with Crippen molar-refractivity contribution in [1.29, 1.82) is 0 Å². The molecule has 0 unspecified atom stereocenters. The van der Waals surface area contributed by atoms with Crippen LogP contribution in [0.25, 0.3) is 17.1 Å². The average Bonchev–Trinajstić information content (AvgIpc) is 3.46. The van der Waals surface area contributed by atoms with E-state index in [1.807, 2.05) is 50.2 Å². The molecule has 12 heteroatoms. The number of nitrogens with two attached hydrogens (primary N) is 1. The van der Waals surface area contributed by atoms with Gasteiger partial charge in [0.1, 0.15) is 11.4 Å². The molecule has 0 fully saturated rings. The van der Waals surface area contributed by atoms with Crippen molar-refractivity contribution in [3.63, 3.8) is 0 Å². The number of hydrogen-bond acceptors (Lipinski definition) is 10. The minimum atomic E-state index is -0.564. The molecule has 0 bridgehead atoms. The van der Waals surface area contributed by atoms with Crippen LogP contribution >= 0.6 is 0 Å². The summed E-state index contributed by atoms with van der Waals surface area (Å²) in [5, 5.41) is 19.5. The number of ether oxygens (including phenoxy) is 1. The van der Waals surface area contributed by atoms with Gasteiger partial charge in [-0.2, -0.15) is 9.78 Å². The topological polar surface area (TPSA) is 150 Å². The van der Waals surface area contributed by atoms with Crippen molar-refractivity contribution >= 4 is 23.6 Å². The second kappa shape index (κ2) is 9.81. The zero-order valence-electron chi connectivity index (χ0n) is 18.8. The van der Waals surface area contributed by atoms with Crippen LogP contribution in [0.15, 0.2) is 58.3 Å². The van der Waals surface area contributed by atoms with E-state index in [0.29, 0.717) is 23.6 Å². The number of hydrazone groups is 1. The standard InChI is InChI=1S/C22H23N9O3/c1-4-33-17-11-7-15(8-12-17)19-18(25-29-31(19)21-20(23)27-34-28-21)22(32)26-24-13-14-5-9-16(10-6-14)30(2)3/h5-13H,4H2,1-3H3,(H2,23,27)(H,26,32). The fraction of sp³-hybridized carbons (Fsp3) is 0.182. The molecule has 0 saturated carbocycles. The lowest BCUT2D eigenvalue weighted by Crippen LogP contribution is -2.19. The maximum absolute atomic E-state index is 12.9. The van der Waals surface area contributed by atoms with Gasteiger partial charge < -0.3 is 15.4 Å². The molecular formula is C22H23N9O3. The maximum Gasteiger partial charge on any atom is 0.294 e. The SMILES string of the molecule is CCOc1ccc(-c2c(C(=O)NN=Cc3ccc(N(C)C)cc3)nnn2-c2nonc2N)cc1. The third kappa shape index (κ3) is 4.70. The predicted octanol–water partition coefficient (Wildman–Crippen LogP) is 2.13. The number of benzene rings is 2. The lowest BCUT2D eigenvalue weighted by molar-refractivity contribution is 0.0950. The summed E-state index contributed by atoms with van der Waals surface area (Å²) in [6.07, 6.45) is 1.54. The van der Waals surface area contributed by atoms with Crippen molar-refractivity contribution in [3.8, 4) is 22.8 Å². The van der Waals surface area contributed by atoms with Gasteiger partial charge in [0.15, 0.2) is 5.69 Å². The van der Waals surface area contributed by atoms with Gasteiger partial charge in [0.25, 0.3) is 5.91 Å². The molecule has 0 aliphatic carbocycles. The van der Waals surface area contributed by atoms with Gasteiger partial charge in [-0.1, -0.05) is 17.3 Å². The summed E-state index contributed by atoms with van der Waals surface area (Å²) in [5.74, 6) is 0.234. The Morgan fingerprint density at radius 2 is 1.91 bits per heavy atom. The van der Waals surface area contributed by atoms with E-state index in [4.69, 9.17) is 10.5 Å². The van der Waals surface area contributed by atoms with Crippen molar-refractivity contribution < 1.29 is 14.2 Å². The second-order valence-electron chi connectivity index (χ2n) is 7.31. The van der Waals surface area contributed by atoms with Crippen molar-refractivity contribution in [2.24, 2.45) is 5.10 Å². The molecule has 174 valence electrons. The van der Waals surface area contributed by atoms with Crippen LogP contribution in [-0.4, -0.2) is 58.1 Å². The Morgan fingerprint density at radius 3 is 2.53 bits per heavy atom. The monoisotopic (exact) mass is 461 g/mol. The van der Waals surface area contributed by atoms with Gasteiger partial charge in [-0.15, -0.1) is 5.10 Å². The summed E-state index contributed by atoms with van der Waals surface area (Å²) in [4.78, 5) is 14.9. The molecule has 0 aliphatic heterocycles. The lowest BCUT2D eigenvalue weighted by atomic mass is 10.1. The van der Waals surface area contributed by atoms with Gasteiger partial charge in [0, 0.05) is 25.3 Å². The molecule has 1 amide bonds. The summed E-state index contributed by atoms with van der Waals surface area (Å²) >= 11 is 0. The maximum atomic E-state index is 12.9. The minimum Gasteiger partial charge on any atom is -0.494 e. The second-order valence-corrected chi connectivity index (χ2v) is 7.31. The number of nitrogen functional groups attached to an aromatic ring is 1. The van der Waals surface area contributed by atoms with E-state index in [1.165, 1.54) is 10.9 Å². The molecule has 0 atom stereocenters. The highest BCUT2D eigenvalue weighted by molar-refractivity contribution is 5.98. The van der Waals surface area contributed by atoms with Gasteiger partial charge >= 0.3 is 0 Å². The Labute approximate surface area is 195 Å². The first-order valence-corrected chi connectivity index (χ1v) is 10.4. The van der Waals surface area contributed by atoms with Gasteiger partial charge in [-0.25, -0.2) is 10.1 Å². The van der Waals surface area contributed by atoms with Crippen LogP contribution in [0.4, 0.5) is 11.5 Å². The molecular weight excluding hydrogens is 438 g/mol. The molecule has 0 saturated heterocycles. The Hall–Kier alpha value is -4.74. The Morgan fingerprint density at radius 1 is 1.18 bits per heavy atom. The number of rotatable bonds is 8. The molecule has 2 aromatic carbocycles. The Bertz CT molecular complexity index is 1290. The van der Waals surface area contributed by atoms with Crippen LogP contribution in [0.5, 0.6) is 5.75 Å². The number of carbonyl (C=O) groups excluding carboxylic acids is 1. The predicted molar refractivity (Wildman–Crippen MR) is 126 cm³/mol. The molecule has 12 nitrogen and oxygen atoms in total. The highest BCUT2D eigenvalue weighted by atomic mass is 16.6. The highest BCUT2D eigenvalue weighted by Gasteiger charge is 2.25. The lowest BCUT2D eigenvalue weighted by Gasteiger charge is -2.11. The van der Waals surface area contributed by atoms with Crippen molar-refractivity contribution in [3.05, 3.63) is 59.8 Å². The number of aromatic nitrogens is 5. The number of carbonyl (C=O) groups is 1. The first-order valence-electron chi connectivity index (χ1n) is 10.4. The van der Waals surface area contributed by atoms with Crippen LogP contribution in [-0.2, 0) is 0 Å². The molecule has 34 heavy (non-hydrogen) atoms. The smallest absolute Gasteiger partial charge is 0.294 e. The minimum absolute atomic E-state index is 0.00300. The molecule has 2 heterocycles. The first kappa shape index (κ1) is 22.5. The molecule has 4 rings (SSSR count). The van der Waals surface area contributed by atoms with E-state index in [0.717, 1.165) is 11.3 Å². The van der Waals surface area contributed by atoms with Crippen LogP contribution in [0, 0.1) is 0 Å². The third-order valence-corrected chi connectivity index (χ3v) is 4.81. The average molecular weight is 461 g/mol. The molecule has 2 aromatic heterocycles. The summed E-state index contributed by atoms with van der Waals surface area (Å²) < 4.78 is 11.5. The van der Waals surface area contributed by atoms with Gasteiger partial charge in [-0.3, -0.25) is 4.79 Å². The highest BCUT2D eigenvalue weighted by Crippen LogP contribution is 2.28. The van der Waals surface area contributed by atoms with E-state index >= 15 is 0 Å². The largest absolute Gasteiger partial charge is 0.494 e. The summed E-state index contributed by atoms with van der Waals surface area (Å²) in [6, 6.07) is 14.8. The normalized spacial score (nSPS) is 11.0. The number of nitrogens with one attached hydrogen (secondary N) is 1. The van der Waals surface area contributed by atoms with Crippen LogP contribution in [0.3, 0.4) is 0 Å². The van der Waals surface area contributed by atoms with Crippen LogP contribution in [0.1, 0.15) is 23.0 Å². The number of hydrogen-bond donors (Lipinski definition) is 2. The van der Waals surface area contributed by atoms with Crippen LogP contribution < -0.4 is 20.8 Å². The molecule has 4 aromatic rings. The fourth-order valence-electron chi connectivity index (χ4n) is 3.13. The van der Waals surface area contributed by atoms with E-state index in [-0.39, 0.29) is 17.3 Å². The summed E-state index contributed by atoms with van der Waals surface area (Å²) in [6.45, 7) is 2.43. The van der Waals surface area contributed by atoms with Crippen molar-refractivity contribution in [1.82, 2.24) is 30.7 Å². The third-order valence-electron chi connectivity index (χ3n) is 4.81. The molecule has 0 spiro atoms. The number of anilines is 2. The molecule has 3 N–H and O–H groups in total. The van der Waals surface area contributed by atoms with Gasteiger partial charge in [0.2, 0.25) is 11.6 Å². The van der Waals surface area contributed by atoms with Crippen LogP contribution in [0.2, 0.25) is 0 Å².